The van der Waals surface area contributed by atoms with E-state index in [9.17, 15) is 13.2 Å². The summed E-state index contributed by atoms with van der Waals surface area (Å²) in [5.74, 6) is 0. The number of urea groups is 1. The summed E-state index contributed by atoms with van der Waals surface area (Å²) in [6.07, 6.45) is 0. The molecule has 3 aromatic carbocycles. The molecule has 3 rings (SSSR count). The lowest BCUT2D eigenvalue weighted by molar-refractivity contribution is 0.252. The highest BCUT2D eigenvalue weighted by atomic mass is 32.2. The van der Waals surface area contributed by atoms with Gasteiger partial charge in [-0.3, -0.25) is 0 Å². The van der Waals surface area contributed by atoms with Crippen LogP contribution in [0.3, 0.4) is 0 Å². The first-order valence-electron chi connectivity index (χ1n) is 8.05. The summed E-state index contributed by atoms with van der Waals surface area (Å²) in [5.41, 5.74) is 1.53. The van der Waals surface area contributed by atoms with Crippen molar-refractivity contribution in [1.82, 2.24) is 10.0 Å². The quantitative estimate of drug-likeness (QED) is 0.646. The van der Waals surface area contributed by atoms with E-state index in [1.54, 1.807) is 12.1 Å². The number of rotatable bonds is 5. The molecule has 6 nitrogen and oxygen atoms in total. The van der Waals surface area contributed by atoms with Gasteiger partial charge in [0, 0.05) is 12.2 Å². The summed E-state index contributed by atoms with van der Waals surface area (Å²) >= 11 is 0. The number of hydrogen-bond donors (Lipinski definition) is 3. The molecule has 3 N–H and O–H groups in total. The van der Waals surface area contributed by atoms with Crippen molar-refractivity contribution in [3.05, 3.63) is 72.3 Å². The fourth-order valence-corrected chi connectivity index (χ4v) is 3.36. The van der Waals surface area contributed by atoms with E-state index in [1.165, 1.54) is 19.2 Å². The SMILES string of the molecule is CNS(=O)(=O)c1ccc(NC(=O)NCc2cccc3ccccc23)cc1. The van der Waals surface area contributed by atoms with Crippen LogP contribution in [0.4, 0.5) is 10.5 Å². The molecule has 0 atom stereocenters. The number of carbonyl (C=O) groups is 1. The van der Waals surface area contributed by atoms with Crippen LogP contribution in [-0.2, 0) is 16.6 Å². The molecule has 0 fully saturated rings. The largest absolute Gasteiger partial charge is 0.334 e. The molecule has 26 heavy (non-hydrogen) atoms. The molecule has 2 amide bonds. The van der Waals surface area contributed by atoms with Crippen LogP contribution in [0.1, 0.15) is 5.56 Å². The van der Waals surface area contributed by atoms with Gasteiger partial charge >= 0.3 is 6.03 Å². The monoisotopic (exact) mass is 369 g/mol. The zero-order valence-electron chi connectivity index (χ0n) is 14.2. The lowest BCUT2D eigenvalue weighted by Gasteiger charge is -2.10. The molecule has 0 aliphatic heterocycles. The summed E-state index contributed by atoms with van der Waals surface area (Å²) in [4.78, 5) is 12.2. The van der Waals surface area contributed by atoms with Gasteiger partial charge < -0.3 is 10.6 Å². The summed E-state index contributed by atoms with van der Waals surface area (Å²) in [7, 11) is -2.14. The number of carbonyl (C=O) groups excluding carboxylic acids is 1. The second-order valence-corrected chi connectivity index (χ2v) is 7.56. The van der Waals surface area contributed by atoms with Crippen LogP contribution < -0.4 is 15.4 Å². The first kappa shape index (κ1) is 17.9. The minimum Gasteiger partial charge on any atom is -0.334 e. The summed E-state index contributed by atoms with van der Waals surface area (Å²) < 4.78 is 25.6. The Morgan fingerprint density at radius 3 is 2.35 bits per heavy atom. The maximum atomic E-state index is 12.1. The standard InChI is InChI=1S/C19H19N3O3S/c1-20-26(24,25)17-11-9-16(10-12-17)22-19(23)21-13-15-7-4-6-14-5-2-3-8-18(14)15/h2-12,20H,13H2,1H3,(H2,21,22,23). The molecule has 0 aliphatic carbocycles. The molecule has 0 radical (unpaired) electrons. The Hall–Kier alpha value is -2.90. The number of nitrogens with one attached hydrogen (secondary N) is 3. The van der Waals surface area contributed by atoms with Gasteiger partial charge in [-0.2, -0.15) is 0 Å². The summed E-state index contributed by atoms with van der Waals surface area (Å²) in [5, 5.41) is 7.72. The average molecular weight is 369 g/mol. The average Bonchev–Trinajstić information content (AvgIpc) is 2.66. The Morgan fingerprint density at radius 1 is 0.923 bits per heavy atom. The lowest BCUT2D eigenvalue weighted by Crippen LogP contribution is -2.28. The van der Waals surface area contributed by atoms with E-state index in [2.05, 4.69) is 15.4 Å². The van der Waals surface area contributed by atoms with E-state index >= 15 is 0 Å². The second kappa shape index (κ2) is 7.55. The van der Waals surface area contributed by atoms with E-state index in [1.807, 2.05) is 42.5 Å². The van der Waals surface area contributed by atoms with E-state index in [-0.39, 0.29) is 10.9 Å². The molecule has 0 aliphatic rings. The molecule has 0 spiro atoms. The third kappa shape index (κ3) is 4.01. The smallest absolute Gasteiger partial charge is 0.319 e. The van der Waals surface area contributed by atoms with Crippen molar-refractivity contribution in [2.75, 3.05) is 12.4 Å². The Bertz CT molecular complexity index is 1030. The molecule has 3 aromatic rings. The van der Waals surface area contributed by atoms with E-state index < -0.39 is 10.0 Å². The predicted molar refractivity (Wildman–Crippen MR) is 102 cm³/mol. The van der Waals surface area contributed by atoms with Gasteiger partial charge in [0.1, 0.15) is 0 Å². The number of hydrogen-bond acceptors (Lipinski definition) is 3. The minimum absolute atomic E-state index is 0.140. The lowest BCUT2D eigenvalue weighted by atomic mass is 10.0. The van der Waals surface area contributed by atoms with Crippen LogP contribution in [0.25, 0.3) is 10.8 Å². The molecule has 7 heteroatoms. The van der Waals surface area contributed by atoms with Crippen LogP contribution >= 0.6 is 0 Å². The fourth-order valence-electron chi connectivity index (χ4n) is 2.63. The van der Waals surface area contributed by atoms with Crippen molar-refractivity contribution in [2.45, 2.75) is 11.4 Å². The van der Waals surface area contributed by atoms with Gasteiger partial charge in [0.25, 0.3) is 0 Å². The van der Waals surface area contributed by atoms with Crippen molar-refractivity contribution < 1.29 is 13.2 Å². The van der Waals surface area contributed by atoms with Crippen LogP contribution in [-0.4, -0.2) is 21.5 Å². The van der Waals surface area contributed by atoms with Crippen LogP contribution in [0.15, 0.2) is 71.6 Å². The van der Waals surface area contributed by atoms with Gasteiger partial charge in [0.2, 0.25) is 10.0 Å². The number of fused-ring (bicyclic) bond motifs is 1. The molecule has 0 bridgehead atoms. The van der Waals surface area contributed by atoms with Crippen molar-refractivity contribution in [3.8, 4) is 0 Å². The molecule has 0 saturated heterocycles. The topological polar surface area (TPSA) is 87.3 Å². The Morgan fingerprint density at radius 2 is 1.62 bits per heavy atom. The predicted octanol–water partition coefficient (Wildman–Crippen LogP) is 3.07. The number of anilines is 1. The van der Waals surface area contributed by atoms with Crippen LogP contribution in [0, 0.1) is 0 Å². The highest BCUT2D eigenvalue weighted by Crippen LogP contribution is 2.18. The second-order valence-electron chi connectivity index (χ2n) is 5.68. The van der Waals surface area contributed by atoms with Gasteiger partial charge in [0.05, 0.1) is 4.90 Å². The molecule has 0 heterocycles. The number of amides is 2. The molecule has 0 saturated carbocycles. The first-order valence-corrected chi connectivity index (χ1v) is 9.53. The van der Waals surface area contributed by atoms with Gasteiger partial charge in [-0.1, -0.05) is 42.5 Å². The highest BCUT2D eigenvalue weighted by molar-refractivity contribution is 7.89. The Labute approximate surface area is 152 Å². The van der Waals surface area contributed by atoms with E-state index in [0.717, 1.165) is 16.3 Å². The van der Waals surface area contributed by atoms with E-state index in [4.69, 9.17) is 0 Å². The van der Waals surface area contributed by atoms with Gasteiger partial charge in [-0.15, -0.1) is 0 Å². The summed E-state index contributed by atoms with van der Waals surface area (Å²) in [6, 6.07) is 19.5. The minimum atomic E-state index is -3.49. The fraction of sp³-hybridized carbons (Fsp3) is 0.105. The van der Waals surface area contributed by atoms with Crippen LogP contribution in [0.2, 0.25) is 0 Å². The van der Waals surface area contributed by atoms with Gasteiger partial charge in [-0.25, -0.2) is 17.9 Å². The molecule has 134 valence electrons. The van der Waals surface area contributed by atoms with Crippen molar-refractivity contribution >= 4 is 32.5 Å². The number of sulfonamides is 1. The van der Waals surface area contributed by atoms with E-state index in [0.29, 0.717) is 12.2 Å². The third-order valence-corrected chi connectivity index (χ3v) is 5.44. The van der Waals surface area contributed by atoms with Crippen molar-refractivity contribution in [3.63, 3.8) is 0 Å². The molecule has 0 aromatic heterocycles. The highest BCUT2D eigenvalue weighted by Gasteiger charge is 2.11. The Balaban J connectivity index is 1.64. The molecule has 0 unspecified atom stereocenters. The van der Waals surface area contributed by atoms with Gasteiger partial charge in [-0.05, 0) is 47.6 Å². The van der Waals surface area contributed by atoms with Crippen LogP contribution in [0.5, 0.6) is 0 Å². The Kier molecular flexibility index (Phi) is 5.20. The summed E-state index contributed by atoms with van der Waals surface area (Å²) in [6.45, 7) is 0.388. The zero-order valence-corrected chi connectivity index (χ0v) is 15.0. The zero-order chi connectivity index (χ0) is 18.6. The normalized spacial score (nSPS) is 11.3. The third-order valence-electron chi connectivity index (χ3n) is 4.01. The number of benzene rings is 3. The maximum absolute atomic E-state index is 12.1. The molecular weight excluding hydrogens is 350 g/mol. The van der Waals surface area contributed by atoms with Gasteiger partial charge in [0.15, 0.2) is 0 Å². The van der Waals surface area contributed by atoms with Crippen molar-refractivity contribution in [2.24, 2.45) is 0 Å². The first-order chi connectivity index (χ1) is 12.5. The molecular formula is C19H19N3O3S. The van der Waals surface area contributed by atoms with Crippen molar-refractivity contribution in [1.29, 1.82) is 0 Å². The maximum Gasteiger partial charge on any atom is 0.319 e.